The summed E-state index contributed by atoms with van der Waals surface area (Å²) in [7, 11) is 0. The fourth-order valence-corrected chi connectivity index (χ4v) is 9.54. The highest BCUT2D eigenvalue weighted by molar-refractivity contribution is 5.95. The molecule has 2 aliphatic heterocycles. The summed E-state index contributed by atoms with van der Waals surface area (Å²) in [5, 5.41) is 0. The van der Waals surface area contributed by atoms with Crippen molar-refractivity contribution in [3.63, 3.8) is 0 Å². The zero-order chi connectivity index (χ0) is 38.2. The maximum absolute atomic E-state index is 12.1. The first kappa shape index (κ1) is 65.3. The number of cyclic esters (lactones) is 3. The average Bonchev–Trinajstić information content (AvgIpc) is 3.77. The SMILES string of the molecule is C.C.C.C.C.C.C.C.CC1C(=O)OC(=O)C1C.CC1C(C)C2CC1C1COC(=O)C21.CCC(C)C(=O)OC(C)(C)C.CCC(C)C(=O)OC12CC3CC(C1)C(=O)C(C3)C2. The van der Waals surface area contributed by atoms with Gasteiger partial charge in [-0.2, -0.15) is 0 Å². The minimum atomic E-state index is -0.396. The topological polar surface area (TPSA) is 139 Å². The fraction of sp³-hybridized carbons (Fsp3) is 0.878. The van der Waals surface area contributed by atoms with Gasteiger partial charge in [0.15, 0.2) is 0 Å². The highest BCUT2D eigenvalue weighted by Gasteiger charge is 2.60. The molecular weight excluding hydrogens is 749 g/mol. The molecule has 10 heteroatoms. The molecule has 8 fully saturated rings. The first-order valence-electron chi connectivity index (χ1n) is 19.6. The highest BCUT2D eigenvalue weighted by atomic mass is 16.6. The third-order valence-electron chi connectivity index (χ3n) is 13.3. The first-order valence-corrected chi connectivity index (χ1v) is 19.6. The van der Waals surface area contributed by atoms with Gasteiger partial charge in [0, 0.05) is 17.8 Å². The van der Waals surface area contributed by atoms with Gasteiger partial charge in [-0.05, 0) is 102 Å². The zero-order valence-electron chi connectivity index (χ0n) is 33.0. The van der Waals surface area contributed by atoms with Crippen molar-refractivity contribution in [2.45, 2.75) is 198 Å². The van der Waals surface area contributed by atoms with E-state index < -0.39 is 11.9 Å². The third-order valence-corrected chi connectivity index (χ3v) is 13.3. The van der Waals surface area contributed by atoms with Crippen LogP contribution in [0.15, 0.2) is 0 Å². The Bertz CT molecular complexity index is 1300. The van der Waals surface area contributed by atoms with Crippen molar-refractivity contribution in [2.75, 3.05) is 6.61 Å². The van der Waals surface area contributed by atoms with Gasteiger partial charge in [0.2, 0.25) is 0 Å². The lowest BCUT2D eigenvalue weighted by atomic mass is 9.53. The Hall–Kier alpha value is -2.78. The van der Waals surface area contributed by atoms with Gasteiger partial charge in [0.25, 0.3) is 0 Å². The number of hydrogen-bond donors (Lipinski definition) is 0. The van der Waals surface area contributed by atoms with Gasteiger partial charge < -0.3 is 18.9 Å². The number of carbonyl (C=O) groups excluding carboxylic acids is 6. The lowest BCUT2D eigenvalue weighted by Crippen LogP contribution is -2.57. The van der Waals surface area contributed by atoms with Crippen molar-refractivity contribution in [3.8, 4) is 0 Å². The van der Waals surface area contributed by atoms with Crippen LogP contribution in [0.4, 0.5) is 0 Å². The largest absolute Gasteiger partial charge is 0.465 e. The van der Waals surface area contributed by atoms with Crippen molar-refractivity contribution in [2.24, 2.45) is 76.9 Å². The van der Waals surface area contributed by atoms with Gasteiger partial charge in [0.1, 0.15) is 17.0 Å². The zero-order valence-corrected chi connectivity index (χ0v) is 33.0. The third kappa shape index (κ3) is 14.7. The second kappa shape index (κ2) is 25.9. The molecule has 2 heterocycles. The average molecular weight is 845 g/mol. The highest BCUT2D eigenvalue weighted by Crippen LogP contribution is 2.60. The van der Waals surface area contributed by atoms with Crippen LogP contribution in [0, 0.1) is 76.9 Å². The molecule has 10 nitrogen and oxygen atoms in total. The Balaban J connectivity index is -0.000000216. The summed E-state index contributed by atoms with van der Waals surface area (Å²) >= 11 is 0. The van der Waals surface area contributed by atoms with Crippen LogP contribution in [-0.4, -0.2) is 53.4 Å². The van der Waals surface area contributed by atoms with E-state index in [-0.39, 0.29) is 130 Å². The Labute approximate surface area is 364 Å². The summed E-state index contributed by atoms with van der Waals surface area (Å²) in [5.74, 6) is 3.86. The lowest BCUT2D eigenvalue weighted by Gasteiger charge is -2.54. The van der Waals surface area contributed by atoms with Crippen LogP contribution in [0.2, 0.25) is 0 Å². The van der Waals surface area contributed by atoms with Gasteiger partial charge in [-0.25, -0.2) is 0 Å². The maximum atomic E-state index is 12.1. The molecule has 0 spiro atoms. The van der Waals surface area contributed by atoms with Crippen LogP contribution in [0.5, 0.6) is 0 Å². The standard InChI is InChI=1S/C15H22O3.C11H16O2.C9H18O2.C6H8O3.8CH4/c1-3-9(2)14(17)18-15-6-10-4-11(7-15)13(16)12(5-10)8-15;1-5-6(2)8-3-7(5)9-4-13-11(12)10(8)9;1-6-7(2)8(10)11-9(3,4)5;1-3-4(2)6(8)9-5(3)7;;;;;;;;/h9-12H,3-8H2,1-2H3;5-10H,3-4H2,1-2H3;7H,6H2,1-5H3;3-4H,1-2H3;8*1H4. The smallest absolute Gasteiger partial charge is 0.317 e. The molecule has 8 aliphatic rings. The Kier molecular flexibility index (Phi) is 28.6. The molecule has 0 radical (unpaired) electrons. The Morgan fingerprint density at radius 2 is 1.10 bits per heavy atom. The molecule has 6 saturated carbocycles. The van der Waals surface area contributed by atoms with Crippen molar-refractivity contribution in [1.29, 1.82) is 0 Å². The van der Waals surface area contributed by atoms with Gasteiger partial charge in [-0.15, -0.1) is 0 Å². The number of Topliss-reactive ketones (excluding diaryl/α,β-unsaturated/α-hetero) is 1. The minimum absolute atomic E-state index is 0. The van der Waals surface area contributed by atoms with Crippen LogP contribution >= 0.6 is 0 Å². The number of esters is 5. The molecule has 352 valence electrons. The summed E-state index contributed by atoms with van der Waals surface area (Å²) < 4.78 is 20.5. The first-order chi connectivity index (χ1) is 23.7. The summed E-state index contributed by atoms with van der Waals surface area (Å²) in [6.07, 6.45) is 7.61. The number of carbonyl (C=O) groups is 6. The van der Waals surface area contributed by atoms with E-state index in [1.165, 1.54) is 6.42 Å². The monoisotopic (exact) mass is 845 g/mol. The van der Waals surface area contributed by atoms with Crippen molar-refractivity contribution < 1.29 is 47.7 Å². The van der Waals surface area contributed by atoms with E-state index in [1.807, 2.05) is 48.5 Å². The molecule has 0 N–H and O–H groups in total. The van der Waals surface area contributed by atoms with Crippen molar-refractivity contribution in [1.82, 2.24) is 0 Å². The summed E-state index contributed by atoms with van der Waals surface area (Å²) in [4.78, 5) is 67.8. The van der Waals surface area contributed by atoms with E-state index >= 15 is 0 Å². The minimum Gasteiger partial charge on any atom is -0.465 e. The van der Waals surface area contributed by atoms with Crippen molar-refractivity contribution in [3.05, 3.63) is 0 Å². The predicted octanol–water partition coefficient (Wildman–Crippen LogP) is 12.2. The predicted molar refractivity (Wildman–Crippen MR) is 243 cm³/mol. The molecule has 6 aliphatic carbocycles. The molecule has 0 aromatic heterocycles. The van der Waals surface area contributed by atoms with E-state index in [0.717, 1.165) is 62.7 Å². The quantitative estimate of drug-likeness (QED) is 0.149. The normalized spacial score (nSPS) is 33.9. The fourth-order valence-electron chi connectivity index (χ4n) is 9.54. The van der Waals surface area contributed by atoms with E-state index in [9.17, 15) is 28.8 Å². The number of rotatable bonds is 5. The summed E-state index contributed by atoms with van der Waals surface area (Å²) in [6, 6.07) is 0. The molecule has 2 saturated heterocycles. The van der Waals surface area contributed by atoms with Crippen LogP contribution in [0.3, 0.4) is 0 Å². The Morgan fingerprint density at radius 1 is 0.661 bits per heavy atom. The van der Waals surface area contributed by atoms with Crippen LogP contribution in [-0.2, 0) is 47.7 Å². The number of fused-ring (bicyclic) bond motifs is 5. The maximum Gasteiger partial charge on any atom is 0.317 e. The lowest BCUT2D eigenvalue weighted by molar-refractivity contribution is -0.192. The van der Waals surface area contributed by atoms with E-state index in [2.05, 4.69) is 18.6 Å². The van der Waals surface area contributed by atoms with Crippen LogP contribution < -0.4 is 0 Å². The van der Waals surface area contributed by atoms with E-state index in [0.29, 0.717) is 30.1 Å². The molecule has 0 aromatic carbocycles. The van der Waals surface area contributed by atoms with Gasteiger partial charge in [-0.3, -0.25) is 28.8 Å². The second-order valence-electron chi connectivity index (χ2n) is 17.9. The van der Waals surface area contributed by atoms with Gasteiger partial charge >= 0.3 is 29.8 Å². The molecule has 6 bridgehead atoms. The molecule has 59 heavy (non-hydrogen) atoms. The molecule has 12 unspecified atom stereocenters. The summed E-state index contributed by atoms with van der Waals surface area (Å²) in [5.41, 5.74) is -0.633. The molecule has 0 aromatic rings. The summed E-state index contributed by atoms with van der Waals surface area (Å²) in [6.45, 7) is 22.2. The van der Waals surface area contributed by atoms with Gasteiger partial charge in [0.05, 0.1) is 36.2 Å². The second-order valence-corrected chi connectivity index (χ2v) is 17.9. The van der Waals surface area contributed by atoms with Crippen LogP contribution in [0.25, 0.3) is 0 Å². The Morgan fingerprint density at radius 3 is 1.51 bits per heavy atom. The molecule has 8 rings (SSSR count). The number of ketones is 1. The molecular formula is C49H96O10. The van der Waals surface area contributed by atoms with Gasteiger partial charge in [-0.1, -0.05) is 115 Å². The number of ether oxygens (including phenoxy) is 4. The molecule has 12 atom stereocenters. The molecule has 0 amide bonds. The van der Waals surface area contributed by atoms with Crippen LogP contribution in [0.1, 0.15) is 187 Å². The van der Waals surface area contributed by atoms with Crippen molar-refractivity contribution >= 4 is 35.6 Å². The van der Waals surface area contributed by atoms with E-state index in [4.69, 9.17) is 14.2 Å². The number of hydrogen-bond acceptors (Lipinski definition) is 10. The van der Waals surface area contributed by atoms with E-state index in [1.54, 1.807) is 13.8 Å².